The van der Waals surface area contributed by atoms with Crippen LogP contribution >= 0.6 is 0 Å². The summed E-state index contributed by atoms with van der Waals surface area (Å²) in [7, 11) is 0. The molecule has 1 rings (SSSR count). The molecule has 0 spiro atoms. The average molecular weight is 308 g/mol. The van der Waals surface area contributed by atoms with Gasteiger partial charge in [-0.05, 0) is 0 Å². The molecule has 9 nitrogen and oxygen atoms in total. The maximum atomic E-state index is 11.1. The Morgan fingerprint density at radius 1 is 1.43 bits per heavy atom. The molecule has 0 bridgehead atoms. The van der Waals surface area contributed by atoms with Crippen LogP contribution in [0.15, 0.2) is 0 Å². The normalized spacial score (nSPS) is 35.8. The van der Waals surface area contributed by atoms with Crippen LogP contribution in [-0.4, -0.2) is 74.3 Å². The molecule has 1 aliphatic rings. The van der Waals surface area contributed by atoms with Gasteiger partial charge in [0.25, 0.3) is 5.79 Å². The minimum absolute atomic E-state index is 0.512. The highest BCUT2D eigenvalue weighted by atomic mass is 16.7. The van der Waals surface area contributed by atoms with Crippen LogP contribution in [-0.2, 0) is 19.1 Å². The number of rotatable bonds is 5. The largest absolute Gasteiger partial charge is 0.477 e. The number of ether oxygens (including phenoxy) is 2. The first-order valence-electron chi connectivity index (χ1n) is 6.40. The number of aliphatic hydroxyl groups is 4. The number of aliphatic hydroxyl groups excluding tert-OH is 3. The maximum absolute atomic E-state index is 11.1. The van der Waals surface area contributed by atoms with Crippen molar-refractivity contribution in [3.8, 4) is 0 Å². The van der Waals surface area contributed by atoms with Crippen LogP contribution in [0.5, 0.6) is 0 Å². The molecule has 6 atom stereocenters. The molecular formula is C12H20O9. The van der Waals surface area contributed by atoms with Gasteiger partial charge >= 0.3 is 11.9 Å². The lowest BCUT2D eigenvalue weighted by Gasteiger charge is -2.44. The Morgan fingerprint density at radius 2 is 2.00 bits per heavy atom. The molecule has 6 unspecified atom stereocenters. The van der Waals surface area contributed by atoms with Gasteiger partial charge in [-0.25, -0.2) is 4.79 Å². The van der Waals surface area contributed by atoms with Crippen molar-refractivity contribution in [1.82, 2.24) is 0 Å². The molecule has 1 fully saturated rings. The molecule has 1 heterocycles. The van der Waals surface area contributed by atoms with Crippen molar-refractivity contribution >= 4 is 11.9 Å². The van der Waals surface area contributed by atoms with E-state index in [0.717, 1.165) is 6.92 Å². The van der Waals surface area contributed by atoms with Crippen LogP contribution < -0.4 is 0 Å². The van der Waals surface area contributed by atoms with Crippen molar-refractivity contribution in [2.75, 3.05) is 6.61 Å². The van der Waals surface area contributed by atoms with Gasteiger partial charge in [0.2, 0.25) is 0 Å². The molecule has 5 N–H and O–H groups in total. The van der Waals surface area contributed by atoms with Gasteiger partial charge in [-0.15, -0.1) is 0 Å². The Bertz CT molecular complexity index is 398. The van der Waals surface area contributed by atoms with Gasteiger partial charge in [-0.1, -0.05) is 6.92 Å². The molecule has 1 aliphatic heterocycles. The number of carboxylic acids is 1. The van der Waals surface area contributed by atoms with Gasteiger partial charge in [-0.2, -0.15) is 0 Å². The summed E-state index contributed by atoms with van der Waals surface area (Å²) in [6, 6.07) is 0. The molecule has 0 saturated carbocycles. The summed E-state index contributed by atoms with van der Waals surface area (Å²) in [5.41, 5.74) is 0. The van der Waals surface area contributed by atoms with E-state index in [1.807, 2.05) is 0 Å². The van der Waals surface area contributed by atoms with Gasteiger partial charge in [0.05, 0.1) is 19.1 Å². The highest BCUT2D eigenvalue weighted by Crippen LogP contribution is 2.35. The standard InChI is InChI=1S/C12H20O9/c1-5-8(20-6(2)14)3-12(19,11(17)18)21-10(5)9(16)7(15)4-13/h5,7-10,13,15-16,19H,3-4H2,1-2H3,(H,17,18). The summed E-state index contributed by atoms with van der Waals surface area (Å²) in [4.78, 5) is 22.2. The SMILES string of the molecule is CC(=O)OC1CC(O)(C(=O)O)OC(C(O)C(O)CO)C1C. The lowest BCUT2D eigenvalue weighted by molar-refractivity contribution is -0.303. The number of aliphatic carboxylic acids is 1. The Morgan fingerprint density at radius 3 is 2.43 bits per heavy atom. The number of carbonyl (C=O) groups is 2. The number of carbonyl (C=O) groups excluding carboxylic acids is 1. The summed E-state index contributed by atoms with van der Waals surface area (Å²) >= 11 is 0. The van der Waals surface area contributed by atoms with Crippen LogP contribution in [0, 0.1) is 5.92 Å². The third kappa shape index (κ3) is 3.89. The van der Waals surface area contributed by atoms with E-state index in [1.165, 1.54) is 6.92 Å². The first-order chi connectivity index (χ1) is 9.62. The molecule has 0 radical (unpaired) electrons. The Kier molecular flexibility index (Phi) is 5.65. The molecule has 0 amide bonds. The Labute approximate surface area is 120 Å². The van der Waals surface area contributed by atoms with Crippen molar-refractivity contribution in [3.63, 3.8) is 0 Å². The van der Waals surface area contributed by atoms with E-state index in [0.29, 0.717) is 0 Å². The zero-order chi connectivity index (χ0) is 16.4. The van der Waals surface area contributed by atoms with Gasteiger partial charge < -0.3 is 35.0 Å². The zero-order valence-corrected chi connectivity index (χ0v) is 11.7. The minimum Gasteiger partial charge on any atom is -0.477 e. The minimum atomic E-state index is -2.66. The van der Waals surface area contributed by atoms with E-state index in [4.69, 9.17) is 19.7 Å². The van der Waals surface area contributed by atoms with Crippen LogP contribution in [0.3, 0.4) is 0 Å². The highest BCUT2D eigenvalue weighted by Gasteiger charge is 2.53. The number of carboxylic acid groups (broad SMARTS) is 1. The zero-order valence-electron chi connectivity index (χ0n) is 11.7. The molecule has 9 heteroatoms. The van der Waals surface area contributed by atoms with Crippen molar-refractivity contribution in [2.24, 2.45) is 5.92 Å². The fourth-order valence-electron chi connectivity index (χ4n) is 2.26. The van der Waals surface area contributed by atoms with Crippen LogP contribution in [0.4, 0.5) is 0 Å². The number of hydrogen-bond acceptors (Lipinski definition) is 8. The third-order valence-corrected chi connectivity index (χ3v) is 3.48. The first kappa shape index (κ1) is 17.8. The van der Waals surface area contributed by atoms with Crippen LogP contribution in [0.1, 0.15) is 20.3 Å². The maximum Gasteiger partial charge on any atom is 0.364 e. The quantitative estimate of drug-likeness (QED) is 0.357. The van der Waals surface area contributed by atoms with Crippen LogP contribution in [0.25, 0.3) is 0 Å². The fourth-order valence-corrected chi connectivity index (χ4v) is 2.26. The molecule has 122 valence electrons. The Hall–Kier alpha value is -1.26. The Balaban J connectivity index is 3.05. The molecule has 21 heavy (non-hydrogen) atoms. The van der Waals surface area contributed by atoms with E-state index in [1.54, 1.807) is 0 Å². The molecule has 0 aromatic carbocycles. The smallest absolute Gasteiger partial charge is 0.364 e. The van der Waals surface area contributed by atoms with Gasteiger partial charge in [0.1, 0.15) is 18.3 Å². The first-order valence-corrected chi connectivity index (χ1v) is 6.40. The van der Waals surface area contributed by atoms with Gasteiger partial charge in [0.15, 0.2) is 0 Å². The summed E-state index contributed by atoms with van der Waals surface area (Å²) < 4.78 is 9.93. The molecule has 1 saturated heterocycles. The van der Waals surface area contributed by atoms with Crippen molar-refractivity contribution < 1.29 is 44.6 Å². The van der Waals surface area contributed by atoms with Crippen molar-refractivity contribution in [1.29, 1.82) is 0 Å². The molecule has 0 aromatic heterocycles. The summed E-state index contributed by atoms with van der Waals surface area (Å²) in [5.74, 6) is -5.75. The number of hydrogen-bond donors (Lipinski definition) is 5. The summed E-state index contributed by atoms with van der Waals surface area (Å²) in [6.45, 7) is 1.85. The number of esters is 1. The van der Waals surface area contributed by atoms with Crippen molar-refractivity contribution in [2.45, 2.75) is 50.5 Å². The van der Waals surface area contributed by atoms with E-state index in [2.05, 4.69) is 0 Å². The second-order valence-electron chi connectivity index (χ2n) is 5.12. The average Bonchev–Trinajstić information content (AvgIpc) is 2.40. The summed E-state index contributed by atoms with van der Waals surface area (Å²) in [5, 5.41) is 47.2. The fraction of sp³-hybridized carbons (Fsp3) is 0.833. The van der Waals surface area contributed by atoms with Gasteiger partial charge in [0, 0.05) is 12.8 Å². The molecule has 0 aliphatic carbocycles. The predicted molar refractivity (Wildman–Crippen MR) is 65.9 cm³/mol. The lowest BCUT2D eigenvalue weighted by atomic mass is 9.84. The summed E-state index contributed by atoms with van der Waals surface area (Å²) in [6.07, 6.45) is -6.13. The highest BCUT2D eigenvalue weighted by molar-refractivity contribution is 5.75. The molecular weight excluding hydrogens is 288 g/mol. The van der Waals surface area contributed by atoms with E-state index in [9.17, 15) is 24.9 Å². The van der Waals surface area contributed by atoms with Gasteiger partial charge in [-0.3, -0.25) is 4.79 Å². The predicted octanol–water partition coefficient (Wildman–Crippen LogP) is -2.17. The lowest BCUT2D eigenvalue weighted by Crippen LogP contribution is -2.60. The van der Waals surface area contributed by atoms with E-state index in [-0.39, 0.29) is 0 Å². The van der Waals surface area contributed by atoms with E-state index < -0.39 is 61.1 Å². The van der Waals surface area contributed by atoms with Crippen LogP contribution in [0.2, 0.25) is 0 Å². The monoisotopic (exact) mass is 308 g/mol. The van der Waals surface area contributed by atoms with Crippen molar-refractivity contribution in [3.05, 3.63) is 0 Å². The van der Waals surface area contributed by atoms with E-state index >= 15 is 0 Å². The molecule has 0 aromatic rings. The topological polar surface area (TPSA) is 154 Å². The third-order valence-electron chi connectivity index (χ3n) is 3.48. The second kappa shape index (κ2) is 6.67. The second-order valence-corrected chi connectivity index (χ2v) is 5.12.